The number of aliphatic hydroxyl groups excluding tert-OH is 2. The number of aliphatic hydroxyl groups is 2. The average molecular weight is 840 g/mol. The average Bonchev–Trinajstić information content (AvgIpc) is 3.27. The Hall–Kier alpha value is -5.37. The van der Waals surface area contributed by atoms with E-state index in [1.807, 2.05) is 32.0 Å². The quantitative estimate of drug-likeness (QED) is 0.0332. The second-order valence-electron chi connectivity index (χ2n) is 15.8. The number of non-ortho nitro benzene ring substituents is 1. The number of carbonyl (C=O) groups excluding carboxylic acids is 1. The summed E-state index contributed by atoms with van der Waals surface area (Å²) in [5, 5.41) is 35.8. The molecule has 13 heteroatoms. The van der Waals surface area contributed by atoms with Crippen LogP contribution >= 0.6 is 0 Å². The molecule has 0 radical (unpaired) electrons. The molecule has 326 valence electrons. The van der Waals surface area contributed by atoms with Crippen molar-refractivity contribution in [3.63, 3.8) is 0 Å². The van der Waals surface area contributed by atoms with Crippen molar-refractivity contribution in [1.29, 1.82) is 0 Å². The summed E-state index contributed by atoms with van der Waals surface area (Å²) in [5.74, 6) is -1.66. The number of nitrogens with zero attached hydrogens (tertiary/aromatic N) is 3. The molecule has 2 N–H and O–H groups in total. The third kappa shape index (κ3) is 10.2. The number of allylic oxidation sites excluding steroid dienone is 1. The maximum Gasteiger partial charge on any atom is 0.269 e. The first-order valence-electron chi connectivity index (χ1n) is 21.5. The van der Waals surface area contributed by atoms with Gasteiger partial charge in [0.05, 0.1) is 23.2 Å². The SMILES string of the molecule is C=CCOC12Oc3ccc(OCc4ccccc4F)cc3C3C(CCCCO)C(CCCCO)C=C(C(=NOCC)CC1N(CCC)C(=O)C=Cc1ccc([N+](=O)[O-])cc1)C32. The van der Waals surface area contributed by atoms with E-state index in [2.05, 4.69) is 12.7 Å². The van der Waals surface area contributed by atoms with E-state index in [4.69, 9.17) is 24.2 Å². The van der Waals surface area contributed by atoms with E-state index >= 15 is 0 Å². The number of amides is 1. The van der Waals surface area contributed by atoms with Gasteiger partial charge in [0.2, 0.25) is 11.7 Å². The maximum atomic E-state index is 14.7. The van der Waals surface area contributed by atoms with Gasteiger partial charge in [0.15, 0.2) is 0 Å². The highest BCUT2D eigenvalue weighted by molar-refractivity contribution is 6.03. The van der Waals surface area contributed by atoms with E-state index in [0.717, 1.165) is 36.8 Å². The van der Waals surface area contributed by atoms with E-state index in [0.29, 0.717) is 60.8 Å². The second-order valence-corrected chi connectivity index (χ2v) is 15.8. The Morgan fingerprint density at radius 3 is 2.51 bits per heavy atom. The van der Waals surface area contributed by atoms with E-state index < -0.39 is 22.7 Å². The van der Waals surface area contributed by atoms with Crippen molar-refractivity contribution in [2.45, 2.75) is 89.6 Å². The van der Waals surface area contributed by atoms with Gasteiger partial charge in [0.1, 0.15) is 36.6 Å². The van der Waals surface area contributed by atoms with Gasteiger partial charge < -0.3 is 34.2 Å². The van der Waals surface area contributed by atoms with Crippen LogP contribution in [-0.4, -0.2) is 76.5 Å². The molecule has 12 nitrogen and oxygen atoms in total. The van der Waals surface area contributed by atoms with Crippen molar-refractivity contribution in [2.24, 2.45) is 22.9 Å². The van der Waals surface area contributed by atoms with Crippen LogP contribution in [0.3, 0.4) is 0 Å². The third-order valence-corrected chi connectivity index (χ3v) is 11.9. The molecule has 6 unspecified atom stereocenters. The van der Waals surface area contributed by atoms with E-state index in [1.54, 1.807) is 47.4 Å². The number of rotatable bonds is 22. The van der Waals surface area contributed by atoms with E-state index in [1.165, 1.54) is 24.3 Å². The molecule has 3 aromatic carbocycles. The van der Waals surface area contributed by atoms with Gasteiger partial charge in [-0.1, -0.05) is 55.3 Å². The van der Waals surface area contributed by atoms with Crippen molar-refractivity contribution in [3.05, 3.63) is 130 Å². The molecular formula is C48H58FN3O9. The molecule has 2 aliphatic carbocycles. The van der Waals surface area contributed by atoms with Crippen LogP contribution in [0.25, 0.3) is 6.08 Å². The van der Waals surface area contributed by atoms with Crippen LogP contribution in [0, 0.1) is 33.7 Å². The Morgan fingerprint density at radius 1 is 1.07 bits per heavy atom. The number of hydrogen-bond acceptors (Lipinski definition) is 10. The van der Waals surface area contributed by atoms with Crippen LogP contribution in [-0.2, 0) is 21.0 Å². The minimum absolute atomic E-state index is 0.0135. The number of hydrogen-bond donors (Lipinski definition) is 2. The summed E-state index contributed by atoms with van der Waals surface area (Å²) in [6.45, 7) is 8.83. The maximum absolute atomic E-state index is 14.7. The van der Waals surface area contributed by atoms with Gasteiger partial charge in [0.25, 0.3) is 5.69 Å². The number of benzene rings is 3. The zero-order valence-corrected chi connectivity index (χ0v) is 35.1. The fourth-order valence-electron chi connectivity index (χ4n) is 9.29. The summed E-state index contributed by atoms with van der Waals surface area (Å²) in [7, 11) is 0. The number of unbranched alkanes of at least 4 members (excludes halogenated alkanes) is 2. The van der Waals surface area contributed by atoms with Gasteiger partial charge >= 0.3 is 0 Å². The molecule has 1 aliphatic heterocycles. The molecule has 0 bridgehead atoms. The summed E-state index contributed by atoms with van der Waals surface area (Å²) < 4.78 is 35.3. The highest BCUT2D eigenvalue weighted by atomic mass is 19.1. The largest absolute Gasteiger partial charge is 0.489 e. The van der Waals surface area contributed by atoms with Crippen LogP contribution in [0.4, 0.5) is 10.1 Å². The summed E-state index contributed by atoms with van der Waals surface area (Å²) in [6.07, 6.45) is 12.4. The van der Waals surface area contributed by atoms with Gasteiger partial charge in [0, 0.05) is 61.4 Å². The lowest BCUT2D eigenvalue weighted by atomic mass is 9.55. The highest BCUT2D eigenvalue weighted by Crippen LogP contribution is 2.62. The smallest absolute Gasteiger partial charge is 0.269 e. The first-order chi connectivity index (χ1) is 29.7. The van der Waals surface area contributed by atoms with Gasteiger partial charge in [-0.25, -0.2) is 4.39 Å². The predicted molar refractivity (Wildman–Crippen MR) is 231 cm³/mol. The zero-order valence-electron chi connectivity index (χ0n) is 35.1. The Balaban J connectivity index is 1.53. The van der Waals surface area contributed by atoms with Crippen LogP contribution in [0.15, 0.2) is 102 Å². The first-order valence-corrected chi connectivity index (χ1v) is 21.5. The summed E-state index contributed by atoms with van der Waals surface area (Å²) in [6, 6.07) is 17.5. The molecule has 0 saturated heterocycles. The minimum atomic E-state index is -1.43. The summed E-state index contributed by atoms with van der Waals surface area (Å²) in [4.78, 5) is 33.0. The Kier molecular flexibility index (Phi) is 15.9. The number of carbonyl (C=O) groups is 1. The molecule has 1 fully saturated rings. The van der Waals surface area contributed by atoms with Crippen LogP contribution in [0.2, 0.25) is 0 Å². The van der Waals surface area contributed by atoms with Crippen molar-refractivity contribution >= 4 is 23.4 Å². The molecule has 1 heterocycles. The molecule has 3 aromatic rings. The molecule has 0 spiro atoms. The highest BCUT2D eigenvalue weighted by Gasteiger charge is 2.65. The van der Waals surface area contributed by atoms with Crippen LogP contribution in [0.5, 0.6) is 11.5 Å². The van der Waals surface area contributed by atoms with Crippen molar-refractivity contribution < 1.29 is 43.4 Å². The van der Waals surface area contributed by atoms with Gasteiger partial charge in [-0.15, -0.1) is 6.58 Å². The fourth-order valence-corrected chi connectivity index (χ4v) is 9.29. The van der Waals surface area contributed by atoms with E-state index in [9.17, 15) is 29.5 Å². The minimum Gasteiger partial charge on any atom is -0.489 e. The molecule has 61 heavy (non-hydrogen) atoms. The number of halogens is 1. The zero-order chi connectivity index (χ0) is 43.4. The van der Waals surface area contributed by atoms with E-state index in [-0.39, 0.29) is 68.0 Å². The number of nitro benzene ring substituents is 1. The number of fused-ring (bicyclic) bond motifs is 2. The predicted octanol–water partition coefficient (Wildman–Crippen LogP) is 8.92. The molecule has 6 rings (SSSR count). The standard InChI is InChI=1S/C48H58FN3O9/c1-4-25-51(45(55)24-19-33-17-20-36(21-18-33)52(56)57)44-31-42(50-60-6-3)39-29-34(13-9-11-26-53)38(15-10-12-27-54)46-40-30-37(58-32-35-14-7-8-16-41(35)49)22-23-43(40)61-48(44,47(39)46)59-28-5-2/h5,7-8,14,16-24,29-30,34,38,44,46-47,53-54H,2,4,6,9-13,15,25-28,31-32H2,1,3H3. The topological polar surface area (TPSA) is 153 Å². The summed E-state index contributed by atoms with van der Waals surface area (Å²) >= 11 is 0. The third-order valence-electron chi connectivity index (χ3n) is 11.9. The number of ether oxygens (including phenoxy) is 3. The summed E-state index contributed by atoms with van der Waals surface area (Å²) in [5.41, 5.74) is 3.51. The molecule has 3 aliphatic rings. The lowest BCUT2D eigenvalue weighted by Crippen LogP contribution is -2.70. The van der Waals surface area contributed by atoms with Crippen LogP contribution in [0.1, 0.15) is 87.8 Å². The Bertz CT molecular complexity index is 2070. The Morgan fingerprint density at radius 2 is 1.82 bits per heavy atom. The van der Waals surface area contributed by atoms with Crippen molar-refractivity contribution in [2.75, 3.05) is 33.0 Å². The van der Waals surface area contributed by atoms with Gasteiger partial charge in [-0.05, 0) is 104 Å². The normalized spacial score (nSPS) is 23.4. The lowest BCUT2D eigenvalue weighted by Gasteiger charge is -2.60. The molecular weight excluding hydrogens is 782 g/mol. The van der Waals surface area contributed by atoms with Crippen molar-refractivity contribution in [3.8, 4) is 11.5 Å². The molecule has 0 aromatic heterocycles. The molecule has 6 atom stereocenters. The molecule has 1 saturated carbocycles. The van der Waals surface area contributed by atoms with Crippen LogP contribution < -0.4 is 9.47 Å². The van der Waals surface area contributed by atoms with Gasteiger partial charge in [-0.3, -0.25) is 14.9 Å². The van der Waals surface area contributed by atoms with Crippen molar-refractivity contribution in [1.82, 2.24) is 4.90 Å². The molecule has 1 amide bonds. The van der Waals surface area contributed by atoms with Gasteiger partial charge in [-0.2, -0.15) is 0 Å². The lowest BCUT2D eigenvalue weighted by molar-refractivity contribution is -0.384. The number of oxime groups is 1. The monoisotopic (exact) mass is 839 g/mol. The first kappa shape index (κ1) is 45.2. The number of nitro groups is 1. The Labute approximate surface area is 357 Å². The second kappa shape index (κ2) is 21.4. The fraction of sp³-hybridized carbons (Fsp3) is 0.458.